The predicted molar refractivity (Wildman–Crippen MR) is 105 cm³/mol. The first-order chi connectivity index (χ1) is 12.5. The van der Waals surface area contributed by atoms with Crippen LogP contribution in [0.4, 0.5) is 5.69 Å². The minimum atomic E-state index is 0.0293. The van der Waals surface area contributed by atoms with Crippen molar-refractivity contribution < 1.29 is 4.79 Å². The first-order valence-corrected chi connectivity index (χ1v) is 8.52. The van der Waals surface area contributed by atoms with E-state index in [-0.39, 0.29) is 5.91 Å². The summed E-state index contributed by atoms with van der Waals surface area (Å²) in [4.78, 5) is 16.0. The maximum Gasteiger partial charge on any atom is 0.253 e. The van der Waals surface area contributed by atoms with Gasteiger partial charge in [-0.3, -0.25) is 4.79 Å². The van der Waals surface area contributed by atoms with Crippen LogP contribution in [0.25, 0.3) is 0 Å². The highest BCUT2D eigenvalue weighted by Crippen LogP contribution is 2.14. The van der Waals surface area contributed by atoms with Crippen LogP contribution >= 0.6 is 0 Å². The first kappa shape index (κ1) is 19.1. The summed E-state index contributed by atoms with van der Waals surface area (Å²) in [5, 5.41) is 8.98. The van der Waals surface area contributed by atoms with Crippen LogP contribution in [0, 0.1) is 30.1 Å². The molecule has 0 spiro atoms. The molecule has 0 radical (unpaired) electrons. The molecule has 0 saturated carbocycles. The van der Waals surface area contributed by atoms with E-state index in [4.69, 9.17) is 5.26 Å². The molecule has 0 bridgehead atoms. The van der Waals surface area contributed by atoms with E-state index < -0.39 is 0 Å². The van der Waals surface area contributed by atoms with Crippen molar-refractivity contribution in [2.24, 2.45) is 0 Å². The second kappa shape index (κ2) is 8.74. The lowest BCUT2D eigenvalue weighted by Gasteiger charge is -2.16. The molecule has 0 heterocycles. The number of rotatable bonds is 4. The molecule has 4 heteroatoms. The number of amides is 1. The highest BCUT2D eigenvalue weighted by atomic mass is 16.2. The van der Waals surface area contributed by atoms with E-state index in [9.17, 15) is 4.79 Å². The molecule has 26 heavy (non-hydrogen) atoms. The third-order valence-electron chi connectivity index (χ3n) is 4.24. The van der Waals surface area contributed by atoms with Gasteiger partial charge in [0.25, 0.3) is 5.91 Å². The molecule has 2 aromatic carbocycles. The SMILES string of the molecule is CCN(C)C(=O)c1ccc(C#CCN(C)c2cccc(C#N)c2)cc1C. The van der Waals surface area contributed by atoms with Crippen molar-refractivity contribution in [3.63, 3.8) is 0 Å². The summed E-state index contributed by atoms with van der Waals surface area (Å²) in [6.45, 7) is 5.11. The molecule has 0 saturated heterocycles. The zero-order valence-electron chi connectivity index (χ0n) is 15.7. The molecular weight excluding hydrogens is 322 g/mol. The fourth-order valence-corrected chi connectivity index (χ4v) is 2.49. The van der Waals surface area contributed by atoms with Gasteiger partial charge in [-0.2, -0.15) is 5.26 Å². The average molecular weight is 345 g/mol. The predicted octanol–water partition coefficient (Wildman–Crippen LogP) is 3.45. The van der Waals surface area contributed by atoms with Gasteiger partial charge in [-0.25, -0.2) is 0 Å². The van der Waals surface area contributed by atoms with Crippen molar-refractivity contribution in [2.45, 2.75) is 13.8 Å². The Kier molecular flexibility index (Phi) is 6.42. The molecule has 0 aliphatic carbocycles. The number of nitriles is 1. The molecule has 0 atom stereocenters. The number of hydrogen-bond donors (Lipinski definition) is 0. The van der Waals surface area contributed by atoms with E-state index in [0.29, 0.717) is 24.2 Å². The van der Waals surface area contributed by atoms with E-state index >= 15 is 0 Å². The van der Waals surface area contributed by atoms with Crippen molar-refractivity contribution in [3.8, 4) is 17.9 Å². The summed E-state index contributed by atoms with van der Waals surface area (Å²) < 4.78 is 0. The monoisotopic (exact) mass is 345 g/mol. The Bertz CT molecular complexity index is 900. The topological polar surface area (TPSA) is 47.3 Å². The first-order valence-electron chi connectivity index (χ1n) is 8.52. The third kappa shape index (κ3) is 4.65. The Labute approximate surface area is 155 Å². The van der Waals surface area contributed by atoms with Crippen molar-refractivity contribution in [3.05, 3.63) is 64.7 Å². The molecule has 0 aromatic heterocycles. The van der Waals surface area contributed by atoms with Gasteiger partial charge in [-0.1, -0.05) is 17.9 Å². The molecule has 2 rings (SSSR count). The molecular formula is C22H23N3O. The quantitative estimate of drug-likeness (QED) is 0.798. The van der Waals surface area contributed by atoms with Crippen LogP contribution in [-0.2, 0) is 0 Å². The fraction of sp³-hybridized carbons (Fsp3) is 0.273. The van der Waals surface area contributed by atoms with Gasteiger partial charge in [0.05, 0.1) is 18.2 Å². The molecule has 0 aliphatic heterocycles. The molecule has 4 nitrogen and oxygen atoms in total. The molecule has 0 N–H and O–H groups in total. The van der Waals surface area contributed by atoms with Gasteiger partial charge in [0.1, 0.15) is 0 Å². The lowest BCUT2D eigenvalue weighted by molar-refractivity contribution is 0.0801. The highest BCUT2D eigenvalue weighted by Gasteiger charge is 2.12. The molecule has 0 aliphatic rings. The van der Waals surface area contributed by atoms with E-state index in [0.717, 1.165) is 16.8 Å². The number of nitrogens with zero attached hydrogens (tertiary/aromatic N) is 3. The second-order valence-corrected chi connectivity index (χ2v) is 6.17. The van der Waals surface area contributed by atoms with E-state index in [1.165, 1.54) is 0 Å². The number of carbonyl (C=O) groups is 1. The summed E-state index contributed by atoms with van der Waals surface area (Å²) in [5.74, 6) is 6.32. The number of anilines is 1. The van der Waals surface area contributed by atoms with Crippen LogP contribution in [0.1, 0.15) is 34.0 Å². The van der Waals surface area contributed by atoms with Gasteiger partial charge < -0.3 is 9.80 Å². The number of aryl methyl sites for hydroxylation is 1. The van der Waals surface area contributed by atoms with Gasteiger partial charge in [0.15, 0.2) is 0 Å². The smallest absolute Gasteiger partial charge is 0.253 e. The summed E-state index contributed by atoms with van der Waals surface area (Å²) >= 11 is 0. The average Bonchev–Trinajstić information content (AvgIpc) is 2.66. The van der Waals surface area contributed by atoms with Crippen molar-refractivity contribution in [1.29, 1.82) is 5.26 Å². The minimum Gasteiger partial charge on any atom is -0.363 e. The minimum absolute atomic E-state index is 0.0293. The Morgan fingerprint density at radius 3 is 2.54 bits per heavy atom. The van der Waals surface area contributed by atoms with Crippen LogP contribution in [-0.4, -0.2) is 38.0 Å². The molecule has 0 unspecified atom stereocenters. The van der Waals surface area contributed by atoms with Crippen LogP contribution in [0.3, 0.4) is 0 Å². The maximum atomic E-state index is 12.3. The lowest BCUT2D eigenvalue weighted by atomic mass is 10.0. The van der Waals surface area contributed by atoms with Gasteiger partial charge in [-0.15, -0.1) is 0 Å². The largest absolute Gasteiger partial charge is 0.363 e. The Morgan fingerprint density at radius 1 is 1.12 bits per heavy atom. The van der Waals surface area contributed by atoms with Gasteiger partial charge in [0, 0.05) is 37.5 Å². The fourth-order valence-electron chi connectivity index (χ4n) is 2.49. The Hall–Kier alpha value is -3.24. The number of carbonyl (C=O) groups excluding carboxylic acids is 1. The number of benzene rings is 2. The summed E-state index contributed by atoms with van der Waals surface area (Å²) in [5.41, 5.74) is 4.12. The number of hydrogen-bond acceptors (Lipinski definition) is 3. The maximum absolute atomic E-state index is 12.3. The van der Waals surface area contributed by atoms with Crippen molar-refractivity contribution in [1.82, 2.24) is 4.90 Å². The Morgan fingerprint density at radius 2 is 1.88 bits per heavy atom. The van der Waals surface area contributed by atoms with E-state index in [1.54, 1.807) is 18.0 Å². The summed E-state index contributed by atoms with van der Waals surface area (Å²) in [6.07, 6.45) is 0. The van der Waals surface area contributed by atoms with Crippen LogP contribution in [0.5, 0.6) is 0 Å². The summed E-state index contributed by atoms with van der Waals surface area (Å²) in [7, 11) is 3.74. The van der Waals surface area contributed by atoms with Gasteiger partial charge in [-0.05, 0) is 55.8 Å². The van der Waals surface area contributed by atoms with Crippen LogP contribution < -0.4 is 4.90 Å². The lowest BCUT2D eigenvalue weighted by Crippen LogP contribution is -2.26. The summed E-state index contributed by atoms with van der Waals surface area (Å²) in [6, 6.07) is 15.3. The molecule has 0 fully saturated rings. The zero-order chi connectivity index (χ0) is 19.1. The second-order valence-electron chi connectivity index (χ2n) is 6.17. The van der Waals surface area contributed by atoms with Gasteiger partial charge >= 0.3 is 0 Å². The zero-order valence-corrected chi connectivity index (χ0v) is 15.7. The standard InChI is InChI=1S/C22H23N3O/c1-5-24(3)22(26)21-12-11-18(14-17(21)2)9-7-13-25(4)20-10-6-8-19(15-20)16-23/h6,8,10-12,14-15H,5,13H2,1-4H3. The normalized spacial score (nSPS) is 9.65. The highest BCUT2D eigenvalue weighted by molar-refractivity contribution is 5.95. The molecule has 132 valence electrons. The van der Waals surface area contributed by atoms with E-state index in [1.807, 2.05) is 62.2 Å². The molecule has 2 aromatic rings. The van der Waals surface area contributed by atoms with Gasteiger partial charge in [0.2, 0.25) is 0 Å². The van der Waals surface area contributed by atoms with Crippen LogP contribution in [0.2, 0.25) is 0 Å². The van der Waals surface area contributed by atoms with Crippen molar-refractivity contribution in [2.75, 3.05) is 32.1 Å². The Balaban J connectivity index is 2.09. The van der Waals surface area contributed by atoms with E-state index in [2.05, 4.69) is 17.9 Å². The molecule has 1 amide bonds. The van der Waals surface area contributed by atoms with Crippen molar-refractivity contribution >= 4 is 11.6 Å². The van der Waals surface area contributed by atoms with Crippen LogP contribution in [0.15, 0.2) is 42.5 Å². The third-order valence-corrected chi connectivity index (χ3v) is 4.24.